The summed E-state index contributed by atoms with van der Waals surface area (Å²) < 4.78 is 5.38. The molecule has 1 aromatic rings. The highest BCUT2D eigenvalue weighted by Crippen LogP contribution is 2.25. The second-order valence-corrected chi connectivity index (χ2v) is 5.58. The molecule has 0 bridgehead atoms. The molecule has 0 aromatic heterocycles. The minimum Gasteiger partial charge on any atom is -0.381 e. The van der Waals surface area contributed by atoms with Gasteiger partial charge in [0.15, 0.2) is 0 Å². The maximum absolute atomic E-state index is 5.84. The Balaban J connectivity index is 1.92. The van der Waals surface area contributed by atoms with Crippen molar-refractivity contribution >= 4 is 27.5 Å². The predicted octanol–water partition coefficient (Wildman–Crippen LogP) is 3.68. The first kappa shape index (κ1) is 11.4. The van der Waals surface area contributed by atoms with Gasteiger partial charge in [0.05, 0.1) is 6.61 Å². The summed E-state index contributed by atoms with van der Waals surface area (Å²) in [7, 11) is 0. The van der Waals surface area contributed by atoms with Crippen molar-refractivity contribution in [3.8, 4) is 0 Å². The summed E-state index contributed by atoms with van der Waals surface area (Å²) in [6.07, 6.45) is 2.22. The Kier molecular flexibility index (Phi) is 4.06. The molecule has 0 saturated carbocycles. The van der Waals surface area contributed by atoms with Crippen molar-refractivity contribution in [3.05, 3.63) is 34.9 Å². The first-order valence-electron chi connectivity index (χ1n) is 5.22. The number of halogens is 2. The zero-order valence-electron chi connectivity index (χ0n) is 8.46. The molecule has 1 fully saturated rings. The van der Waals surface area contributed by atoms with Crippen LogP contribution < -0.4 is 0 Å². The third kappa shape index (κ3) is 3.20. The van der Waals surface area contributed by atoms with Crippen LogP contribution in [-0.4, -0.2) is 18.0 Å². The van der Waals surface area contributed by atoms with Gasteiger partial charge in [-0.2, -0.15) is 0 Å². The van der Waals surface area contributed by atoms with Crippen LogP contribution in [0.5, 0.6) is 0 Å². The molecule has 2 unspecified atom stereocenters. The Hall–Kier alpha value is -0.0500. The van der Waals surface area contributed by atoms with E-state index in [0.29, 0.717) is 10.7 Å². The van der Waals surface area contributed by atoms with Gasteiger partial charge in [-0.05, 0) is 36.5 Å². The summed E-state index contributed by atoms with van der Waals surface area (Å²) >= 11 is 9.59. The number of hydrogen-bond donors (Lipinski definition) is 0. The molecule has 2 rings (SSSR count). The smallest absolute Gasteiger partial charge is 0.0505 e. The van der Waals surface area contributed by atoms with E-state index in [2.05, 4.69) is 28.1 Å². The van der Waals surface area contributed by atoms with Crippen LogP contribution in [0.15, 0.2) is 24.3 Å². The van der Waals surface area contributed by atoms with Gasteiger partial charge < -0.3 is 4.74 Å². The van der Waals surface area contributed by atoms with E-state index in [1.54, 1.807) is 0 Å². The SMILES string of the molecule is Clc1ccc(CC(Br)C2CCOC2)cc1. The lowest BCUT2D eigenvalue weighted by Gasteiger charge is -2.15. The summed E-state index contributed by atoms with van der Waals surface area (Å²) in [6.45, 7) is 1.80. The van der Waals surface area contributed by atoms with Crippen molar-refractivity contribution in [1.82, 2.24) is 0 Å². The van der Waals surface area contributed by atoms with Gasteiger partial charge in [0.2, 0.25) is 0 Å². The fourth-order valence-electron chi connectivity index (χ4n) is 1.85. The Morgan fingerprint density at radius 2 is 2.13 bits per heavy atom. The quantitative estimate of drug-likeness (QED) is 0.771. The van der Waals surface area contributed by atoms with Gasteiger partial charge in [0, 0.05) is 16.5 Å². The number of benzene rings is 1. The molecule has 1 saturated heterocycles. The second-order valence-electron chi connectivity index (χ2n) is 3.97. The van der Waals surface area contributed by atoms with E-state index in [1.807, 2.05) is 12.1 Å². The Bertz CT molecular complexity index is 306. The monoisotopic (exact) mass is 288 g/mol. The zero-order valence-corrected chi connectivity index (χ0v) is 10.8. The standard InChI is InChI=1S/C12H14BrClO/c13-12(10-5-6-15-8-10)7-9-1-3-11(14)4-2-9/h1-4,10,12H,5-8H2. The minimum absolute atomic E-state index is 0.515. The van der Waals surface area contributed by atoms with Gasteiger partial charge in [-0.3, -0.25) is 0 Å². The highest BCUT2D eigenvalue weighted by atomic mass is 79.9. The highest BCUT2D eigenvalue weighted by molar-refractivity contribution is 9.09. The zero-order chi connectivity index (χ0) is 10.7. The molecule has 0 aliphatic carbocycles. The third-order valence-electron chi connectivity index (χ3n) is 2.82. The fourth-order valence-corrected chi connectivity index (χ4v) is 2.77. The number of alkyl halides is 1. The number of rotatable bonds is 3. The van der Waals surface area contributed by atoms with Gasteiger partial charge in [0.1, 0.15) is 0 Å². The van der Waals surface area contributed by atoms with Crippen LogP contribution >= 0.6 is 27.5 Å². The average Bonchev–Trinajstić information content (AvgIpc) is 2.74. The molecule has 1 aliphatic heterocycles. The van der Waals surface area contributed by atoms with Crippen molar-refractivity contribution in [2.24, 2.45) is 5.92 Å². The van der Waals surface area contributed by atoms with Crippen LogP contribution in [0.25, 0.3) is 0 Å². The summed E-state index contributed by atoms with van der Waals surface area (Å²) in [4.78, 5) is 0.515. The molecule has 15 heavy (non-hydrogen) atoms. The topological polar surface area (TPSA) is 9.23 Å². The molecular formula is C12H14BrClO. The van der Waals surface area contributed by atoms with Gasteiger partial charge in [-0.15, -0.1) is 0 Å². The molecule has 1 aliphatic rings. The van der Waals surface area contributed by atoms with E-state index in [0.717, 1.165) is 24.7 Å². The van der Waals surface area contributed by atoms with Crippen molar-refractivity contribution in [3.63, 3.8) is 0 Å². The van der Waals surface area contributed by atoms with Crippen molar-refractivity contribution < 1.29 is 4.74 Å². The molecule has 0 radical (unpaired) electrons. The van der Waals surface area contributed by atoms with Gasteiger partial charge >= 0.3 is 0 Å². The molecule has 82 valence electrons. The largest absolute Gasteiger partial charge is 0.381 e. The predicted molar refractivity (Wildman–Crippen MR) is 66.8 cm³/mol. The van der Waals surface area contributed by atoms with E-state index in [1.165, 1.54) is 12.0 Å². The van der Waals surface area contributed by atoms with E-state index >= 15 is 0 Å². The lowest BCUT2D eigenvalue weighted by atomic mass is 9.99. The average molecular weight is 290 g/mol. The van der Waals surface area contributed by atoms with Crippen molar-refractivity contribution in [2.75, 3.05) is 13.2 Å². The van der Waals surface area contributed by atoms with E-state index in [4.69, 9.17) is 16.3 Å². The van der Waals surface area contributed by atoms with Crippen LogP contribution in [0, 0.1) is 5.92 Å². The summed E-state index contributed by atoms with van der Waals surface area (Å²) in [5, 5.41) is 0.800. The van der Waals surface area contributed by atoms with Crippen molar-refractivity contribution in [2.45, 2.75) is 17.7 Å². The van der Waals surface area contributed by atoms with Crippen LogP contribution in [-0.2, 0) is 11.2 Å². The first-order valence-corrected chi connectivity index (χ1v) is 6.51. The molecule has 1 heterocycles. The second kappa shape index (κ2) is 5.33. The first-order chi connectivity index (χ1) is 7.25. The molecule has 0 amide bonds. The molecule has 3 heteroatoms. The van der Waals surface area contributed by atoms with Crippen LogP contribution in [0.4, 0.5) is 0 Å². The van der Waals surface area contributed by atoms with E-state index in [-0.39, 0.29) is 0 Å². The third-order valence-corrected chi connectivity index (χ3v) is 4.14. The molecule has 0 spiro atoms. The van der Waals surface area contributed by atoms with Crippen LogP contribution in [0.3, 0.4) is 0 Å². The number of ether oxygens (including phenoxy) is 1. The highest BCUT2D eigenvalue weighted by Gasteiger charge is 2.23. The lowest BCUT2D eigenvalue weighted by Crippen LogP contribution is -2.16. The van der Waals surface area contributed by atoms with Crippen molar-refractivity contribution in [1.29, 1.82) is 0 Å². The van der Waals surface area contributed by atoms with Crippen LogP contribution in [0.2, 0.25) is 5.02 Å². The van der Waals surface area contributed by atoms with Crippen LogP contribution in [0.1, 0.15) is 12.0 Å². The normalized spacial score (nSPS) is 22.9. The Morgan fingerprint density at radius 3 is 2.73 bits per heavy atom. The summed E-state index contributed by atoms with van der Waals surface area (Å²) in [5.41, 5.74) is 1.33. The van der Waals surface area contributed by atoms with Gasteiger partial charge in [0.25, 0.3) is 0 Å². The van der Waals surface area contributed by atoms with Gasteiger partial charge in [-0.25, -0.2) is 0 Å². The molecule has 1 aromatic carbocycles. The maximum Gasteiger partial charge on any atom is 0.0505 e. The molecule has 2 atom stereocenters. The minimum atomic E-state index is 0.515. The molecular weight excluding hydrogens is 275 g/mol. The summed E-state index contributed by atoms with van der Waals surface area (Å²) in [5.74, 6) is 0.653. The maximum atomic E-state index is 5.84. The lowest BCUT2D eigenvalue weighted by molar-refractivity contribution is 0.185. The number of hydrogen-bond acceptors (Lipinski definition) is 1. The van der Waals surface area contributed by atoms with E-state index in [9.17, 15) is 0 Å². The Morgan fingerprint density at radius 1 is 1.40 bits per heavy atom. The molecule has 0 N–H and O–H groups in total. The summed E-state index contributed by atoms with van der Waals surface area (Å²) in [6, 6.07) is 8.07. The van der Waals surface area contributed by atoms with Gasteiger partial charge in [-0.1, -0.05) is 39.7 Å². The Labute approximate surface area is 104 Å². The fraction of sp³-hybridized carbons (Fsp3) is 0.500. The molecule has 1 nitrogen and oxygen atoms in total. The van der Waals surface area contributed by atoms with E-state index < -0.39 is 0 Å².